The van der Waals surface area contributed by atoms with Gasteiger partial charge in [0, 0.05) is 17.1 Å². The molecule has 1 unspecified atom stereocenters. The van der Waals surface area contributed by atoms with E-state index in [1.165, 1.54) is 36.6 Å². The van der Waals surface area contributed by atoms with Crippen LogP contribution in [0.5, 0.6) is 0 Å². The Hall–Kier alpha value is -1.45. The van der Waals surface area contributed by atoms with Gasteiger partial charge in [0.15, 0.2) is 0 Å². The molecule has 1 saturated carbocycles. The van der Waals surface area contributed by atoms with E-state index in [1.807, 2.05) is 12.3 Å². The Morgan fingerprint density at radius 2 is 1.85 bits per heavy atom. The lowest BCUT2D eigenvalue weighted by Crippen LogP contribution is -2.50. The van der Waals surface area contributed by atoms with Crippen molar-refractivity contribution in [1.82, 2.24) is 9.88 Å². The van der Waals surface area contributed by atoms with Gasteiger partial charge in [0.1, 0.15) is 0 Å². The molecule has 1 atom stereocenters. The summed E-state index contributed by atoms with van der Waals surface area (Å²) in [6, 6.07) is 10.4. The smallest absolute Gasteiger partial charge is 0.0750 e. The molecule has 0 saturated heterocycles. The van der Waals surface area contributed by atoms with Gasteiger partial charge in [-0.15, -0.1) is 0 Å². The molecule has 20 heavy (non-hydrogen) atoms. The van der Waals surface area contributed by atoms with Gasteiger partial charge in [-0.25, -0.2) is 0 Å². The second-order valence-electron chi connectivity index (χ2n) is 6.11. The molecule has 3 heteroatoms. The van der Waals surface area contributed by atoms with Crippen LogP contribution in [0.1, 0.15) is 37.3 Å². The average molecular weight is 269 g/mol. The fourth-order valence-corrected chi connectivity index (χ4v) is 3.69. The molecule has 2 aromatic rings. The lowest BCUT2D eigenvalue weighted by molar-refractivity contribution is 0.124. The molecule has 1 aromatic heterocycles. The van der Waals surface area contributed by atoms with Crippen LogP contribution < -0.4 is 5.73 Å². The number of nitrogens with zero attached hydrogens (tertiary/aromatic N) is 2. The molecule has 1 aromatic carbocycles. The fraction of sp³-hybridized carbons (Fsp3) is 0.471. The molecule has 0 aliphatic heterocycles. The second-order valence-corrected chi connectivity index (χ2v) is 6.11. The molecule has 1 fully saturated rings. The van der Waals surface area contributed by atoms with Gasteiger partial charge in [0.05, 0.1) is 11.6 Å². The first-order valence-electron chi connectivity index (χ1n) is 7.42. The lowest BCUT2D eigenvalue weighted by atomic mass is 9.82. The Balaban J connectivity index is 2.10. The van der Waals surface area contributed by atoms with Crippen LogP contribution in [0.4, 0.5) is 0 Å². The predicted octanol–water partition coefficient (Wildman–Crippen LogP) is 3.11. The monoisotopic (exact) mass is 269 g/mol. The average Bonchev–Trinajstić information content (AvgIpc) is 2.97. The summed E-state index contributed by atoms with van der Waals surface area (Å²) >= 11 is 0. The van der Waals surface area contributed by atoms with Crippen molar-refractivity contribution >= 4 is 10.9 Å². The topological polar surface area (TPSA) is 42.1 Å². The molecule has 3 rings (SSSR count). The molecular weight excluding hydrogens is 246 g/mol. The fourth-order valence-electron chi connectivity index (χ4n) is 3.69. The minimum atomic E-state index is 0.0126. The van der Waals surface area contributed by atoms with Gasteiger partial charge in [-0.2, -0.15) is 0 Å². The van der Waals surface area contributed by atoms with E-state index in [2.05, 4.69) is 48.2 Å². The first-order chi connectivity index (χ1) is 9.65. The third-order valence-electron chi connectivity index (χ3n) is 4.94. The molecule has 106 valence electrons. The van der Waals surface area contributed by atoms with Crippen LogP contribution in [-0.4, -0.2) is 29.5 Å². The van der Waals surface area contributed by atoms with E-state index in [-0.39, 0.29) is 11.6 Å². The van der Waals surface area contributed by atoms with Crippen molar-refractivity contribution in [2.24, 2.45) is 5.73 Å². The van der Waals surface area contributed by atoms with Gasteiger partial charge < -0.3 is 10.6 Å². The molecule has 0 amide bonds. The van der Waals surface area contributed by atoms with E-state index >= 15 is 0 Å². The second kappa shape index (κ2) is 5.15. The van der Waals surface area contributed by atoms with Crippen molar-refractivity contribution in [1.29, 1.82) is 0 Å². The number of nitrogens with two attached hydrogens (primary N) is 1. The standard InChI is InChI=1S/C17H23N3/c1-20(2)17(10-3-4-11-17)16(18)14-9-5-7-13-8-6-12-19-15(13)14/h5-9,12,16H,3-4,10-11,18H2,1-2H3. The summed E-state index contributed by atoms with van der Waals surface area (Å²) < 4.78 is 0. The highest BCUT2D eigenvalue weighted by atomic mass is 15.2. The minimum absolute atomic E-state index is 0.0126. The summed E-state index contributed by atoms with van der Waals surface area (Å²) in [7, 11) is 4.31. The first kappa shape index (κ1) is 13.5. The number of aromatic nitrogens is 1. The highest BCUT2D eigenvalue weighted by Gasteiger charge is 2.42. The van der Waals surface area contributed by atoms with Crippen molar-refractivity contribution in [3.8, 4) is 0 Å². The van der Waals surface area contributed by atoms with E-state index < -0.39 is 0 Å². The number of fused-ring (bicyclic) bond motifs is 1. The number of likely N-dealkylation sites (N-methyl/N-ethyl adjacent to an activating group) is 1. The van der Waals surface area contributed by atoms with Crippen molar-refractivity contribution in [2.45, 2.75) is 37.3 Å². The number of hydrogen-bond acceptors (Lipinski definition) is 3. The van der Waals surface area contributed by atoms with Gasteiger partial charge in [-0.3, -0.25) is 4.98 Å². The third kappa shape index (κ3) is 2.02. The summed E-state index contributed by atoms with van der Waals surface area (Å²) in [5.41, 5.74) is 9.03. The quantitative estimate of drug-likeness (QED) is 0.931. The molecule has 0 bridgehead atoms. The highest BCUT2D eigenvalue weighted by Crippen LogP contribution is 2.43. The van der Waals surface area contributed by atoms with Crippen LogP contribution in [-0.2, 0) is 0 Å². The van der Waals surface area contributed by atoms with Crippen LogP contribution in [0.25, 0.3) is 10.9 Å². The Bertz CT molecular complexity index is 595. The lowest BCUT2D eigenvalue weighted by Gasteiger charge is -2.41. The molecule has 1 heterocycles. The summed E-state index contributed by atoms with van der Waals surface area (Å²) in [4.78, 5) is 6.89. The van der Waals surface area contributed by atoms with Gasteiger partial charge in [0.2, 0.25) is 0 Å². The SMILES string of the molecule is CN(C)C1(C(N)c2cccc3cccnc23)CCCC1. The van der Waals surface area contributed by atoms with Gasteiger partial charge >= 0.3 is 0 Å². The zero-order valence-electron chi connectivity index (χ0n) is 12.3. The Morgan fingerprint density at radius 1 is 1.15 bits per heavy atom. The summed E-state index contributed by atoms with van der Waals surface area (Å²) in [6.07, 6.45) is 6.73. The number of rotatable bonds is 3. The van der Waals surface area contributed by atoms with Gasteiger partial charge in [-0.1, -0.05) is 37.1 Å². The summed E-state index contributed by atoms with van der Waals surface area (Å²) in [6.45, 7) is 0. The Morgan fingerprint density at radius 3 is 2.55 bits per heavy atom. The van der Waals surface area contributed by atoms with E-state index in [0.717, 1.165) is 5.52 Å². The molecule has 2 N–H and O–H groups in total. The molecule has 1 aliphatic rings. The van der Waals surface area contributed by atoms with Crippen molar-refractivity contribution in [3.05, 3.63) is 42.1 Å². The third-order valence-corrected chi connectivity index (χ3v) is 4.94. The zero-order valence-corrected chi connectivity index (χ0v) is 12.3. The Kier molecular flexibility index (Phi) is 3.48. The van der Waals surface area contributed by atoms with Gasteiger partial charge in [0.25, 0.3) is 0 Å². The van der Waals surface area contributed by atoms with Crippen LogP contribution in [0.3, 0.4) is 0 Å². The van der Waals surface area contributed by atoms with Gasteiger partial charge in [-0.05, 0) is 38.6 Å². The molecule has 1 aliphatic carbocycles. The van der Waals surface area contributed by atoms with Crippen LogP contribution in [0.2, 0.25) is 0 Å². The molecule has 0 spiro atoms. The molecule has 3 nitrogen and oxygen atoms in total. The Labute approximate surface area is 120 Å². The largest absolute Gasteiger partial charge is 0.322 e. The van der Waals surface area contributed by atoms with Crippen LogP contribution >= 0.6 is 0 Å². The van der Waals surface area contributed by atoms with E-state index in [9.17, 15) is 0 Å². The van der Waals surface area contributed by atoms with E-state index in [0.29, 0.717) is 0 Å². The number of pyridine rings is 1. The van der Waals surface area contributed by atoms with Crippen molar-refractivity contribution in [2.75, 3.05) is 14.1 Å². The van der Waals surface area contributed by atoms with E-state index in [1.54, 1.807) is 0 Å². The normalized spacial score (nSPS) is 19.6. The highest BCUT2D eigenvalue weighted by molar-refractivity contribution is 5.82. The minimum Gasteiger partial charge on any atom is -0.322 e. The number of para-hydroxylation sites is 1. The van der Waals surface area contributed by atoms with Crippen LogP contribution in [0, 0.1) is 0 Å². The molecular formula is C17H23N3. The summed E-state index contributed by atoms with van der Waals surface area (Å²) in [5.74, 6) is 0. The zero-order chi connectivity index (χ0) is 14.2. The van der Waals surface area contributed by atoms with E-state index in [4.69, 9.17) is 5.73 Å². The molecule has 0 radical (unpaired) electrons. The maximum atomic E-state index is 6.72. The number of benzene rings is 1. The maximum Gasteiger partial charge on any atom is 0.0750 e. The summed E-state index contributed by atoms with van der Waals surface area (Å²) in [5, 5.41) is 1.17. The van der Waals surface area contributed by atoms with Crippen molar-refractivity contribution < 1.29 is 0 Å². The maximum absolute atomic E-state index is 6.72. The van der Waals surface area contributed by atoms with Crippen LogP contribution in [0.15, 0.2) is 36.5 Å². The first-order valence-corrected chi connectivity index (χ1v) is 7.42. The number of hydrogen-bond donors (Lipinski definition) is 1. The van der Waals surface area contributed by atoms with Crippen molar-refractivity contribution in [3.63, 3.8) is 0 Å². The predicted molar refractivity (Wildman–Crippen MR) is 83.6 cm³/mol.